The van der Waals surface area contributed by atoms with Crippen LogP contribution in [0.25, 0.3) is 22.8 Å². The van der Waals surface area contributed by atoms with Gasteiger partial charge in [0, 0.05) is 12.6 Å². The Bertz CT molecular complexity index is 1030. The van der Waals surface area contributed by atoms with Gasteiger partial charge in [-0.2, -0.15) is 0 Å². The third kappa shape index (κ3) is 4.67. The number of urea groups is 1. The van der Waals surface area contributed by atoms with Crippen LogP contribution < -0.4 is 10.6 Å². The molecule has 0 saturated carbocycles. The first-order valence-electron chi connectivity index (χ1n) is 8.83. The van der Waals surface area contributed by atoms with Crippen molar-refractivity contribution in [2.45, 2.75) is 13.0 Å². The van der Waals surface area contributed by atoms with E-state index in [1.54, 1.807) is 30.5 Å². The highest BCUT2D eigenvalue weighted by atomic mass is 16.5. The monoisotopic (exact) mass is 393 g/mol. The number of carbonyl (C=O) groups is 3. The Morgan fingerprint density at radius 1 is 1.03 bits per heavy atom. The maximum absolute atomic E-state index is 12.6. The van der Waals surface area contributed by atoms with Gasteiger partial charge in [-0.15, -0.1) is 0 Å². The number of aromatic nitrogens is 1. The minimum Gasteiger partial charge on any atom is -0.449 e. The normalized spacial score (nSPS) is 11.4. The van der Waals surface area contributed by atoms with Crippen LogP contribution in [0.3, 0.4) is 0 Å². The van der Waals surface area contributed by atoms with Crippen LogP contribution in [0.4, 0.5) is 4.79 Å². The number of benzene rings is 2. The Morgan fingerprint density at radius 2 is 1.72 bits per heavy atom. The molecule has 0 radical (unpaired) electrons. The summed E-state index contributed by atoms with van der Waals surface area (Å²) in [6.45, 7) is 1.37. The molecule has 1 atom stereocenters. The van der Waals surface area contributed by atoms with E-state index in [1.807, 2.05) is 30.3 Å². The summed E-state index contributed by atoms with van der Waals surface area (Å²) in [6, 6.07) is 15.4. The van der Waals surface area contributed by atoms with Crippen molar-refractivity contribution < 1.29 is 23.5 Å². The van der Waals surface area contributed by atoms with Gasteiger partial charge in [-0.3, -0.25) is 10.1 Å². The number of ether oxygens (including phenoxy) is 1. The molecule has 0 saturated heterocycles. The molecule has 1 aromatic heterocycles. The summed E-state index contributed by atoms with van der Waals surface area (Å²) in [5.74, 6) is -0.668. The van der Waals surface area contributed by atoms with Gasteiger partial charge in [0.15, 0.2) is 11.9 Å². The molecule has 0 aliphatic rings. The smallest absolute Gasteiger partial charge is 0.339 e. The van der Waals surface area contributed by atoms with Gasteiger partial charge in [0.25, 0.3) is 5.91 Å². The number of hydrogen-bond acceptors (Lipinski definition) is 6. The summed E-state index contributed by atoms with van der Waals surface area (Å²) < 4.78 is 11.0. The average molecular weight is 393 g/mol. The molecule has 0 aliphatic heterocycles. The fraction of sp³-hybridized carbons (Fsp3) is 0.143. The quantitative estimate of drug-likeness (QED) is 0.645. The van der Waals surface area contributed by atoms with E-state index in [1.165, 1.54) is 14.0 Å². The number of esters is 1. The van der Waals surface area contributed by atoms with Crippen LogP contribution in [0.1, 0.15) is 17.3 Å². The molecule has 29 heavy (non-hydrogen) atoms. The minimum atomic E-state index is -1.17. The van der Waals surface area contributed by atoms with E-state index < -0.39 is 24.0 Å². The number of hydrogen-bond donors (Lipinski definition) is 2. The highest BCUT2D eigenvalue weighted by Crippen LogP contribution is 2.28. The van der Waals surface area contributed by atoms with Crippen molar-refractivity contribution >= 4 is 17.9 Å². The van der Waals surface area contributed by atoms with E-state index in [4.69, 9.17) is 9.15 Å². The zero-order chi connectivity index (χ0) is 20.8. The Morgan fingerprint density at radius 3 is 2.45 bits per heavy atom. The van der Waals surface area contributed by atoms with E-state index in [-0.39, 0.29) is 11.5 Å². The molecule has 3 amide bonds. The summed E-state index contributed by atoms with van der Waals surface area (Å²) in [5.41, 5.74) is 1.47. The van der Waals surface area contributed by atoms with E-state index in [0.29, 0.717) is 11.3 Å². The Kier molecular flexibility index (Phi) is 6.03. The van der Waals surface area contributed by atoms with Crippen LogP contribution in [0.15, 0.2) is 65.2 Å². The Labute approximate surface area is 166 Å². The summed E-state index contributed by atoms with van der Waals surface area (Å²) >= 11 is 0. The first kappa shape index (κ1) is 19.8. The zero-order valence-electron chi connectivity index (χ0n) is 15.8. The van der Waals surface area contributed by atoms with Crippen molar-refractivity contribution in [2.24, 2.45) is 0 Å². The number of amides is 3. The number of oxazole rings is 1. The Balaban J connectivity index is 1.80. The van der Waals surface area contributed by atoms with Crippen LogP contribution in [-0.4, -0.2) is 36.0 Å². The van der Waals surface area contributed by atoms with E-state index in [2.05, 4.69) is 15.6 Å². The third-order valence-corrected chi connectivity index (χ3v) is 4.06. The molecule has 0 bridgehead atoms. The lowest BCUT2D eigenvalue weighted by Crippen LogP contribution is -2.43. The minimum absolute atomic E-state index is 0.188. The number of rotatable bonds is 5. The first-order valence-corrected chi connectivity index (χ1v) is 8.83. The van der Waals surface area contributed by atoms with Crippen molar-refractivity contribution in [3.63, 3.8) is 0 Å². The van der Waals surface area contributed by atoms with Crippen molar-refractivity contribution in [3.8, 4) is 22.8 Å². The van der Waals surface area contributed by atoms with E-state index in [0.717, 1.165) is 5.56 Å². The fourth-order valence-electron chi connectivity index (χ4n) is 2.54. The van der Waals surface area contributed by atoms with Crippen molar-refractivity contribution in [2.75, 3.05) is 7.05 Å². The number of nitrogens with one attached hydrogen (secondary N) is 2. The first-order chi connectivity index (χ1) is 14.0. The summed E-state index contributed by atoms with van der Waals surface area (Å²) in [6.07, 6.45) is 0.406. The van der Waals surface area contributed by atoms with Gasteiger partial charge in [-0.05, 0) is 19.1 Å². The predicted octanol–water partition coefficient (Wildman–Crippen LogP) is 3.01. The molecule has 148 valence electrons. The van der Waals surface area contributed by atoms with Gasteiger partial charge in [0.2, 0.25) is 5.89 Å². The molecule has 8 nitrogen and oxygen atoms in total. The molecular formula is C21H19N3O5. The fourth-order valence-corrected chi connectivity index (χ4v) is 2.54. The summed E-state index contributed by atoms with van der Waals surface area (Å²) in [5, 5.41) is 4.31. The van der Waals surface area contributed by atoms with Gasteiger partial charge in [-0.1, -0.05) is 42.5 Å². The molecule has 0 spiro atoms. The lowest BCUT2D eigenvalue weighted by molar-refractivity contribution is -0.127. The highest BCUT2D eigenvalue weighted by molar-refractivity contribution is 6.00. The zero-order valence-corrected chi connectivity index (χ0v) is 15.8. The summed E-state index contributed by atoms with van der Waals surface area (Å²) in [4.78, 5) is 40.0. The van der Waals surface area contributed by atoms with Crippen molar-refractivity contribution in [1.82, 2.24) is 15.6 Å². The second-order valence-electron chi connectivity index (χ2n) is 6.06. The van der Waals surface area contributed by atoms with Crippen LogP contribution in [0.5, 0.6) is 0 Å². The van der Waals surface area contributed by atoms with Gasteiger partial charge >= 0.3 is 12.0 Å². The van der Waals surface area contributed by atoms with Crippen molar-refractivity contribution in [1.29, 1.82) is 0 Å². The second kappa shape index (κ2) is 8.83. The topological polar surface area (TPSA) is 111 Å². The SMILES string of the molecule is CNC(=O)NC(=O)[C@H](C)OC(=O)c1ccccc1-c1ncc(-c2ccccc2)o1. The molecular weight excluding hydrogens is 374 g/mol. The molecule has 0 aliphatic carbocycles. The summed E-state index contributed by atoms with van der Waals surface area (Å²) in [7, 11) is 1.37. The number of nitrogens with zero attached hydrogens (tertiary/aromatic N) is 1. The van der Waals surface area contributed by atoms with Gasteiger partial charge < -0.3 is 14.5 Å². The molecule has 0 unspecified atom stereocenters. The Hall–Kier alpha value is -3.94. The largest absolute Gasteiger partial charge is 0.449 e. The molecule has 2 aromatic carbocycles. The third-order valence-electron chi connectivity index (χ3n) is 4.06. The second-order valence-corrected chi connectivity index (χ2v) is 6.06. The molecule has 1 heterocycles. The van der Waals surface area contributed by atoms with Gasteiger partial charge in [0.05, 0.1) is 17.3 Å². The van der Waals surface area contributed by atoms with Crippen LogP contribution in [0.2, 0.25) is 0 Å². The standard InChI is InChI=1S/C21H19N3O5/c1-13(18(25)24-21(27)22-2)28-20(26)16-11-7-6-10-15(16)19-23-12-17(29-19)14-8-4-3-5-9-14/h3-13H,1-2H3,(H2,22,24,25,27)/t13-/m0/s1. The van der Waals surface area contributed by atoms with Crippen molar-refractivity contribution in [3.05, 3.63) is 66.4 Å². The molecule has 3 rings (SSSR count). The predicted molar refractivity (Wildman–Crippen MR) is 105 cm³/mol. The highest BCUT2D eigenvalue weighted by Gasteiger charge is 2.23. The number of carbonyl (C=O) groups excluding carboxylic acids is 3. The average Bonchev–Trinajstić information content (AvgIpc) is 3.24. The number of imide groups is 1. The molecule has 0 fully saturated rings. The van der Waals surface area contributed by atoms with Gasteiger partial charge in [-0.25, -0.2) is 14.6 Å². The maximum Gasteiger partial charge on any atom is 0.339 e. The van der Waals surface area contributed by atoms with Crippen LogP contribution in [0, 0.1) is 0 Å². The molecule has 3 aromatic rings. The lowest BCUT2D eigenvalue weighted by Gasteiger charge is -2.13. The molecule has 8 heteroatoms. The lowest BCUT2D eigenvalue weighted by atomic mass is 10.1. The molecule has 2 N–H and O–H groups in total. The van der Waals surface area contributed by atoms with Crippen LogP contribution in [-0.2, 0) is 9.53 Å². The van der Waals surface area contributed by atoms with E-state index >= 15 is 0 Å². The van der Waals surface area contributed by atoms with Crippen LogP contribution >= 0.6 is 0 Å². The maximum atomic E-state index is 12.6. The van der Waals surface area contributed by atoms with Gasteiger partial charge in [0.1, 0.15) is 0 Å². The van der Waals surface area contributed by atoms with E-state index in [9.17, 15) is 14.4 Å².